The molecule has 10 heteroatoms. The van der Waals surface area contributed by atoms with E-state index in [9.17, 15) is 14.0 Å². The Kier molecular flexibility index (Phi) is 5.78. The van der Waals surface area contributed by atoms with E-state index in [0.29, 0.717) is 49.9 Å². The van der Waals surface area contributed by atoms with Gasteiger partial charge in [0, 0.05) is 50.9 Å². The molecule has 1 saturated carbocycles. The van der Waals surface area contributed by atoms with Crippen molar-refractivity contribution in [3.63, 3.8) is 0 Å². The minimum Gasteiger partial charge on any atom is -0.365 e. The van der Waals surface area contributed by atoms with Crippen LogP contribution in [0.25, 0.3) is 0 Å². The summed E-state index contributed by atoms with van der Waals surface area (Å²) >= 11 is 0. The van der Waals surface area contributed by atoms with Crippen molar-refractivity contribution in [3.8, 4) is 0 Å². The molecular formula is C26H30F2N6O2. The van der Waals surface area contributed by atoms with Gasteiger partial charge in [-0.05, 0) is 43.4 Å². The summed E-state index contributed by atoms with van der Waals surface area (Å²) in [6.07, 6.45) is 2.67. The van der Waals surface area contributed by atoms with Crippen LogP contribution in [0.5, 0.6) is 0 Å². The van der Waals surface area contributed by atoms with E-state index in [1.807, 2.05) is 21.9 Å². The molecule has 3 aliphatic heterocycles. The number of fused-ring (bicyclic) bond motifs is 3. The van der Waals surface area contributed by atoms with Crippen LogP contribution in [0.1, 0.15) is 42.2 Å². The Morgan fingerprint density at radius 3 is 2.58 bits per heavy atom. The largest absolute Gasteiger partial charge is 0.365 e. The van der Waals surface area contributed by atoms with Crippen LogP contribution in [0, 0.1) is 17.7 Å². The van der Waals surface area contributed by atoms with Gasteiger partial charge in [0.2, 0.25) is 11.9 Å². The first-order chi connectivity index (χ1) is 17.4. The van der Waals surface area contributed by atoms with Gasteiger partial charge >= 0.3 is 0 Å². The van der Waals surface area contributed by atoms with Crippen LogP contribution in [-0.4, -0.2) is 66.5 Å². The number of piperazine rings is 1. The molecule has 4 aliphatic rings. The summed E-state index contributed by atoms with van der Waals surface area (Å²) < 4.78 is 30.1. The summed E-state index contributed by atoms with van der Waals surface area (Å²) in [4.78, 5) is 34.6. The van der Waals surface area contributed by atoms with Crippen LogP contribution in [0.4, 0.5) is 25.8 Å². The third kappa shape index (κ3) is 4.17. The van der Waals surface area contributed by atoms with Gasteiger partial charge in [-0.25, -0.2) is 9.37 Å². The fourth-order valence-electron chi connectivity index (χ4n) is 5.57. The minimum atomic E-state index is -0.656. The second-order valence-corrected chi connectivity index (χ2v) is 10.3. The molecule has 4 heterocycles. The van der Waals surface area contributed by atoms with E-state index in [2.05, 4.69) is 27.4 Å². The molecule has 3 fully saturated rings. The van der Waals surface area contributed by atoms with Crippen molar-refractivity contribution < 1.29 is 18.4 Å². The van der Waals surface area contributed by atoms with E-state index in [1.54, 1.807) is 12.1 Å². The summed E-state index contributed by atoms with van der Waals surface area (Å²) in [5, 5.41) is 5.65. The zero-order valence-corrected chi connectivity index (χ0v) is 20.3. The van der Waals surface area contributed by atoms with Crippen LogP contribution in [0.15, 0.2) is 24.3 Å². The number of anilines is 3. The number of aromatic nitrogens is 1. The fraction of sp³-hybridized carbons (Fsp3) is 0.500. The van der Waals surface area contributed by atoms with E-state index in [1.165, 1.54) is 0 Å². The second kappa shape index (κ2) is 8.99. The van der Waals surface area contributed by atoms with Crippen LogP contribution < -0.4 is 20.4 Å². The molecule has 3 unspecified atom stereocenters. The number of hydrogen-bond acceptors (Lipinski definition) is 6. The first kappa shape index (κ1) is 23.1. The van der Waals surface area contributed by atoms with Crippen molar-refractivity contribution in [2.24, 2.45) is 5.92 Å². The van der Waals surface area contributed by atoms with E-state index in [4.69, 9.17) is 0 Å². The van der Waals surface area contributed by atoms with Crippen molar-refractivity contribution in [1.82, 2.24) is 15.2 Å². The lowest BCUT2D eigenvalue weighted by Crippen LogP contribution is -2.46. The number of halogens is 2. The second-order valence-electron chi connectivity index (χ2n) is 10.3. The molecule has 6 rings (SSSR count). The van der Waals surface area contributed by atoms with Gasteiger partial charge in [-0.15, -0.1) is 0 Å². The predicted molar refractivity (Wildman–Crippen MR) is 132 cm³/mol. The molecule has 0 bridgehead atoms. The number of hydrogen-bond donors (Lipinski definition) is 2. The summed E-state index contributed by atoms with van der Waals surface area (Å²) in [6.45, 7) is 5.60. The topological polar surface area (TPSA) is 80.8 Å². The third-order valence-electron chi connectivity index (χ3n) is 7.91. The maximum Gasteiger partial charge on any atom is 0.270 e. The fourth-order valence-corrected chi connectivity index (χ4v) is 5.57. The maximum absolute atomic E-state index is 15.4. The Balaban J connectivity index is 1.09. The van der Waals surface area contributed by atoms with Gasteiger partial charge in [0.15, 0.2) is 5.82 Å². The van der Waals surface area contributed by atoms with Crippen molar-refractivity contribution in [2.75, 3.05) is 47.8 Å². The molecule has 0 radical (unpaired) electrons. The Labute approximate surface area is 208 Å². The molecular weight excluding hydrogens is 466 g/mol. The van der Waals surface area contributed by atoms with Gasteiger partial charge in [0.05, 0.1) is 11.4 Å². The lowest BCUT2D eigenvalue weighted by atomic mass is 10.1. The van der Waals surface area contributed by atoms with Crippen molar-refractivity contribution >= 4 is 28.9 Å². The highest BCUT2D eigenvalue weighted by molar-refractivity contribution is 6.04. The predicted octanol–water partition coefficient (Wildman–Crippen LogP) is 2.74. The number of pyridine rings is 1. The number of benzene rings is 1. The highest BCUT2D eigenvalue weighted by atomic mass is 19.1. The maximum atomic E-state index is 15.4. The van der Waals surface area contributed by atoms with Crippen molar-refractivity contribution in [1.29, 1.82) is 0 Å². The average Bonchev–Trinajstić information content (AvgIpc) is 3.33. The van der Waals surface area contributed by atoms with Crippen molar-refractivity contribution in [2.45, 2.75) is 44.8 Å². The van der Waals surface area contributed by atoms with Gasteiger partial charge < -0.3 is 20.4 Å². The van der Waals surface area contributed by atoms with Gasteiger partial charge in [0.1, 0.15) is 17.4 Å². The summed E-state index contributed by atoms with van der Waals surface area (Å²) in [5.41, 5.74) is 2.03. The number of rotatable bonds is 5. The van der Waals surface area contributed by atoms with E-state index >= 15 is 4.39 Å². The molecule has 8 nitrogen and oxygen atoms in total. The lowest BCUT2D eigenvalue weighted by molar-refractivity contribution is -0.117. The summed E-state index contributed by atoms with van der Waals surface area (Å²) in [6, 6.07) is 6.85. The molecule has 0 spiro atoms. The molecule has 2 saturated heterocycles. The summed E-state index contributed by atoms with van der Waals surface area (Å²) in [5.74, 6) is -1.05. The quantitative estimate of drug-likeness (QED) is 0.620. The minimum absolute atomic E-state index is 0.0872. The molecule has 3 atom stereocenters. The smallest absolute Gasteiger partial charge is 0.270 e. The number of nitrogens with one attached hydrogen (secondary N) is 2. The van der Waals surface area contributed by atoms with Gasteiger partial charge in [-0.1, -0.05) is 13.0 Å². The molecule has 190 valence electrons. The Morgan fingerprint density at radius 1 is 1.11 bits per heavy atom. The van der Waals surface area contributed by atoms with Gasteiger partial charge in [0.25, 0.3) is 5.91 Å². The van der Waals surface area contributed by atoms with Crippen LogP contribution >= 0.6 is 0 Å². The third-order valence-corrected chi connectivity index (χ3v) is 7.91. The first-order valence-corrected chi connectivity index (χ1v) is 12.7. The monoisotopic (exact) mass is 496 g/mol. The highest BCUT2D eigenvalue weighted by Gasteiger charge is 2.38. The Hall–Kier alpha value is -3.27. The normalized spacial score (nSPS) is 25.3. The van der Waals surface area contributed by atoms with E-state index in [0.717, 1.165) is 31.5 Å². The van der Waals surface area contributed by atoms with Crippen LogP contribution in [-0.2, 0) is 11.3 Å². The van der Waals surface area contributed by atoms with Gasteiger partial charge in [-0.2, -0.15) is 4.39 Å². The SMILES string of the molecule is CC1CC1NC(=O)c1ccc(N2CCN(Cc3ccc4c(c3F)NC(=O)C3CCCN43)CC2)c(F)n1. The molecule has 1 aromatic heterocycles. The number of amides is 2. The number of carbonyl (C=O) groups is 2. The van der Waals surface area contributed by atoms with E-state index in [-0.39, 0.29) is 41.1 Å². The Morgan fingerprint density at radius 2 is 1.86 bits per heavy atom. The molecule has 2 N–H and O–H groups in total. The molecule has 2 aromatic rings. The number of carbonyl (C=O) groups excluding carboxylic acids is 2. The molecule has 36 heavy (non-hydrogen) atoms. The highest BCUT2D eigenvalue weighted by Crippen LogP contribution is 2.39. The molecule has 1 aliphatic carbocycles. The average molecular weight is 497 g/mol. The zero-order valence-electron chi connectivity index (χ0n) is 20.3. The molecule has 1 aromatic carbocycles. The van der Waals surface area contributed by atoms with Crippen LogP contribution in [0.2, 0.25) is 0 Å². The molecule has 2 amide bonds. The zero-order chi connectivity index (χ0) is 25.0. The van der Waals surface area contributed by atoms with Crippen LogP contribution in [0.3, 0.4) is 0 Å². The Bertz CT molecular complexity index is 1220. The standard InChI is InChI=1S/C26H30F2N6O2/c1-15-13-18(15)30-25(35)17-5-7-20(24(28)29-17)33-11-9-32(10-12-33)14-16-4-6-19-23(22(16)27)31-26(36)21-3-2-8-34(19)21/h4-7,15,18,21H,2-3,8-14H2,1H3,(H,30,35)(H,31,36). The van der Waals surface area contributed by atoms with Gasteiger partial charge in [-0.3, -0.25) is 14.5 Å². The van der Waals surface area contributed by atoms with Crippen molar-refractivity contribution in [3.05, 3.63) is 47.3 Å². The summed E-state index contributed by atoms with van der Waals surface area (Å²) in [7, 11) is 0. The van der Waals surface area contributed by atoms with E-state index < -0.39 is 5.95 Å². The number of nitrogens with zero attached hydrogens (tertiary/aromatic N) is 4. The first-order valence-electron chi connectivity index (χ1n) is 12.7. The lowest BCUT2D eigenvalue weighted by Gasteiger charge is -2.37.